The molecule has 0 saturated carbocycles. The van der Waals surface area contributed by atoms with Crippen molar-refractivity contribution in [3.63, 3.8) is 0 Å². The standard InChI is InChI=1S/C14H23N/c1-15(2)13-9-4-3-6-10-14-11-7-5-8-12-14/h5,7-8,11-12H,3-4,6,9-10,13H2,1-2H3. The molecule has 1 nitrogen and oxygen atoms in total. The van der Waals surface area contributed by atoms with Crippen LogP contribution in [0.1, 0.15) is 31.2 Å². The van der Waals surface area contributed by atoms with E-state index in [1.165, 1.54) is 44.2 Å². The van der Waals surface area contributed by atoms with Crippen LogP contribution in [0.5, 0.6) is 0 Å². The van der Waals surface area contributed by atoms with Gasteiger partial charge in [0, 0.05) is 0 Å². The predicted octanol–water partition coefficient (Wildman–Crippen LogP) is 3.35. The molecular formula is C14H23N. The summed E-state index contributed by atoms with van der Waals surface area (Å²) < 4.78 is 0. The molecule has 15 heavy (non-hydrogen) atoms. The van der Waals surface area contributed by atoms with Crippen molar-refractivity contribution < 1.29 is 0 Å². The molecule has 84 valence electrons. The van der Waals surface area contributed by atoms with Crippen LogP contribution in [0.4, 0.5) is 0 Å². The van der Waals surface area contributed by atoms with Gasteiger partial charge in [0.05, 0.1) is 0 Å². The Balaban J connectivity index is 1.98. The Labute approximate surface area is 94.1 Å². The molecule has 0 bridgehead atoms. The summed E-state index contributed by atoms with van der Waals surface area (Å²) >= 11 is 0. The predicted molar refractivity (Wildman–Crippen MR) is 67.2 cm³/mol. The molecule has 1 aromatic carbocycles. The minimum atomic E-state index is 1.23. The van der Waals surface area contributed by atoms with E-state index < -0.39 is 0 Å². The van der Waals surface area contributed by atoms with Gasteiger partial charge in [-0.05, 0) is 45.5 Å². The van der Waals surface area contributed by atoms with E-state index in [1.807, 2.05) is 0 Å². The van der Waals surface area contributed by atoms with Crippen molar-refractivity contribution >= 4 is 0 Å². The van der Waals surface area contributed by atoms with Crippen LogP contribution in [-0.2, 0) is 6.42 Å². The van der Waals surface area contributed by atoms with Crippen LogP contribution in [0.3, 0.4) is 0 Å². The molecule has 0 aliphatic carbocycles. The monoisotopic (exact) mass is 205 g/mol. The van der Waals surface area contributed by atoms with Crippen LogP contribution in [0.2, 0.25) is 0 Å². The highest BCUT2D eigenvalue weighted by atomic mass is 15.0. The molecule has 0 aliphatic heterocycles. The van der Waals surface area contributed by atoms with Gasteiger partial charge >= 0.3 is 0 Å². The van der Waals surface area contributed by atoms with Crippen molar-refractivity contribution in [1.29, 1.82) is 0 Å². The summed E-state index contributed by atoms with van der Waals surface area (Å²) in [4.78, 5) is 2.26. The molecule has 1 rings (SSSR count). The van der Waals surface area contributed by atoms with Crippen molar-refractivity contribution in [1.82, 2.24) is 4.90 Å². The largest absolute Gasteiger partial charge is 0.309 e. The summed E-state index contributed by atoms with van der Waals surface area (Å²) in [7, 11) is 4.29. The Morgan fingerprint density at radius 1 is 0.867 bits per heavy atom. The molecule has 0 N–H and O–H groups in total. The van der Waals surface area contributed by atoms with E-state index in [-0.39, 0.29) is 0 Å². The van der Waals surface area contributed by atoms with Gasteiger partial charge in [-0.25, -0.2) is 0 Å². The van der Waals surface area contributed by atoms with Crippen molar-refractivity contribution in [2.45, 2.75) is 32.1 Å². The molecule has 0 saturated heterocycles. The van der Waals surface area contributed by atoms with Crippen LogP contribution in [0.15, 0.2) is 30.3 Å². The fourth-order valence-electron chi connectivity index (χ4n) is 1.76. The van der Waals surface area contributed by atoms with Crippen molar-refractivity contribution in [3.8, 4) is 0 Å². The van der Waals surface area contributed by atoms with E-state index in [1.54, 1.807) is 0 Å². The lowest BCUT2D eigenvalue weighted by Gasteiger charge is -2.08. The Kier molecular flexibility index (Phi) is 6.10. The summed E-state index contributed by atoms with van der Waals surface area (Å²) in [6.07, 6.45) is 6.63. The van der Waals surface area contributed by atoms with Crippen LogP contribution >= 0.6 is 0 Å². The SMILES string of the molecule is CN(C)CCCCCCc1ccccc1. The molecule has 0 fully saturated rings. The van der Waals surface area contributed by atoms with Crippen LogP contribution in [-0.4, -0.2) is 25.5 Å². The fourth-order valence-corrected chi connectivity index (χ4v) is 1.76. The lowest BCUT2D eigenvalue weighted by Crippen LogP contribution is -2.12. The van der Waals surface area contributed by atoms with Gasteiger partial charge in [-0.1, -0.05) is 43.2 Å². The maximum Gasteiger partial charge on any atom is -0.00248 e. The molecule has 0 radical (unpaired) electrons. The summed E-state index contributed by atoms with van der Waals surface area (Å²) in [5.74, 6) is 0. The van der Waals surface area contributed by atoms with Gasteiger partial charge in [-0.3, -0.25) is 0 Å². The Bertz CT molecular complexity index is 241. The lowest BCUT2D eigenvalue weighted by molar-refractivity contribution is 0.390. The minimum Gasteiger partial charge on any atom is -0.309 e. The Morgan fingerprint density at radius 2 is 1.53 bits per heavy atom. The third-order valence-corrected chi connectivity index (χ3v) is 2.66. The Morgan fingerprint density at radius 3 is 2.20 bits per heavy atom. The first-order valence-corrected chi connectivity index (χ1v) is 5.97. The molecule has 1 heteroatoms. The van der Waals surface area contributed by atoms with E-state index >= 15 is 0 Å². The smallest absolute Gasteiger partial charge is 0.00248 e. The molecular weight excluding hydrogens is 182 g/mol. The third-order valence-electron chi connectivity index (χ3n) is 2.66. The zero-order valence-corrected chi connectivity index (χ0v) is 10.1. The number of unbranched alkanes of at least 4 members (excludes halogenated alkanes) is 3. The first-order chi connectivity index (χ1) is 7.29. The summed E-state index contributed by atoms with van der Waals surface area (Å²) in [6, 6.07) is 10.8. The van der Waals surface area contributed by atoms with Crippen LogP contribution in [0, 0.1) is 0 Å². The molecule has 1 aromatic rings. The second kappa shape index (κ2) is 7.47. The zero-order chi connectivity index (χ0) is 10.9. The molecule has 0 aliphatic rings. The van der Waals surface area contributed by atoms with Crippen molar-refractivity contribution in [2.24, 2.45) is 0 Å². The molecule has 0 amide bonds. The van der Waals surface area contributed by atoms with Gasteiger partial charge in [0.15, 0.2) is 0 Å². The Hall–Kier alpha value is -0.820. The van der Waals surface area contributed by atoms with Crippen molar-refractivity contribution in [3.05, 3.63) is 35.9 Å². The van der Waals surface area contributed by atoms with Crippen LogP contribution < -0.4 is 0 Å². The second-order valence-corrected chi connectivity index (χ2v) is 4.45. The van der Waals surface area contributed by atoms with Gasteiger partial charge in [0.1, 0.15) is 0 Å². The number of rotatable bonds is 7. The molecule has 0 aromatic heterocycles. The number of hydrogen-bond donors (Lipinski definition) is 0. The highest BCUT2D eigenvalue weighted by Crippen LogP contribution is 2.07. The molecule has 0 spiro atoms. The average Bonchev–Trinajstić information content (AvgIpc) is 2.24. The van der Waals surface area contributed by atoms with Gasteiger partial charge < -0.3 is 4.90 Å². The average molecular weight is 205 g/mol. The number of aryl methyl sites for hydroxylation is 1. The minimum absolute atomic E-state index is 1.23. The molecule has 0 atom stereocenters. The fraction of sp³-hybridized carbons (Fsp3) is 0.571. The number of hydrogen-bond acceptors (Lipinski definition) is 1. The second-order valence-electron chi connectivity index (χ2n) is 4.45. The van der Waals surface area contributed by atoms with E-state index in [4.69, 9.17) is 0 Å². The molecule has 0 heterocycles. The van der Waals surface area contributed by atoms with E-state index in [2.05, 4.69) is 49.3 Å². The highest BCUT2D eigenvalue weighted by Gasteiger charge is 1.93. The lowest BCUT2D eigenvalue weighted by atomic mass is 10.1. The highest BCUT2D eigenvalue weighted by molar-refractivity contribution is 5.14. The quantitative estimate of drug-likeness (QED) is 0.617. The molecule has 0 unspecified atom stereocenters. The topological polar surface area (TPSA) is 3.24 Å². The van der Waals surface area contributed by atoms with E-state index in [0.717, 1.165) is 0 Å². The summed E-state index contributed by atoms with van der Waals surface area (Å²) in [5.41, 5.74) is 1.48. The maximum atomic E-state index is 2.26. The third kappa shape index (κ3) is 6.29. The first kappa shape index (κ1) is 12.3. The first-order valence-electron chi connectivity index (χ1n) is 5.97. The van der Waals surface area contributed by atoms with Gasteiger partial charge in [-0.15, -0.1) is 0 Å². The van der Waals surface area contributed by atoms with E-state index in [9.17, 15) is 0 Å². The van der Waals surface area contributed by atoms with Gasteiger partial charge in [-0.2, -0.15) is 0 Å². The normalized spacial score (nSPS) is 10.9. The summed E-state index contributed by atoms with van der Waals surface area (Å²) in [6.45, 7) is 1.23. The van der Waals surface area contributed by atoms with Gasteiger partial charge in [0.25, 0.3) is 0 Å². The summed E-state index contributed by atoms with van der Waals surface area (Å²) in [5, 5.41) is 0. The zero-order valence-electron chi connectivity index (χ0n) is 10.1. The van der Waals surface area contributed by atoms with Gasteiger partial charge in [0.2, 0.25) is 0 Å². The van der Waals surface area contributed by atoms with E-state index in [0.29, 0.717) is 0 Å². The van der Waals surface area contributed by atoms with Crippen LogP contribution in [0.25, 0.3) is 0 Å². The number of benzene rings is 1. The number of nitrogens with zero attached hydrogens (tertiary/aromatic N) is 1. The maximum absolute atomic E-state index is 2.26. The van der Waals surface area contributed by atoms with Crippen molar-refractivity contribution in [2.75, 3.05) is 20.6 Å².